The third-order valence-corrected chi connectivity index (χ3v) is 3.19. The number of hydrogen-bond acceptors (Lipinski definition) is 3. The predicted molar refractivity (Wildman–Crippen MR) is 62.9 cm³/mol. The molecule has 1 aromatic rings. The Bertz CT molecular complexity index is 560. The quantitative estimate of drug-likeness (QED) is 0.724. The van der Waals surface area contributed by atoms with Crippen molar-refractivity contribution in [3.8, 4) is 0 Å². The molecule has 0 aliphatic rings. The summed E-state index contributed by atoms with van der Waals surface area (Å²) in [6, 6.07) is 5.53. The van der Waals surface area contributed by atoms with E-state index in [9.17, 15) is 26.4 Å². The molecule has 6 nitrogen and oxygen atoms in total. The summed E-state index contributed by atoms with van der Waals surface area (Å²) in [7, 11) is -4.61. The molecule has 1 atom stereocenters. The Labute approximate surface area is 112 Å². The summed E-state index contributed by atoms with van der Waals surface area (Å²) in [6.45, 7) is -1.79. The molecular weight excluding hydrogens is 301 g/mol. The lowest BCUT2D eigenvalue weighted by atomic mass is 10.1. The maximum atomic E-state index is 11.9. The summed E-state index contributed by atoms with van der Waals surface area (Å²) in [5, 5.41) is 8.94. The van der Waals surface area contributed by atoms with Crippen LogP contribution >= 0.6 is 0 Å². The number of alkyl halides is 3. The van der Waals surface area contributed by atoms with Crippen molar-refractivity contribution in [2.75, 3.05) is 6.54 Å². The second-order valence-electron chi connectivity index (χ2n) is 3.74. The topological polar surface area (TPSA) is 95.5 Å². The second kappa shape index (κ2) is 6.20. The summed E-state index contributed by atoms with van der Waals surface area (Å²) in [5.41, 5.74) is 0.0948. The van der Waals surface area contributed by atoms with Gasteiger partial charge in [0.15, 0.2) is 0 Å². The molecule has 0 aliphatic carbocycles. The molecule has 112 valence electrons. The van der Waals surface area contributed by atoms with Crippen molar-refractivity contribution < 1.29 is 31.5 Å². The van der Waals surface area contributed by atoms with Gasteiger partial charge in [-0.2, -0.15) is 31.0 Å². The zero-order valence-corrected chi connectivity index (χ0v) is 10.7. The van der Waals surface area contributed by atoms with E-state index < -0.39 is 34.9 Å². The van der Waals surface area contributed by atoms with Crippen molar-refractivity contribution in [1.29, 1.82) is 0 Å². The van der Waals surface area contributed by atoms with Crippen LogP contribution in [0.1, 0.15) is 11.6 Å². The molecule has 0 aromatic heterocycles. The smallest absolute Gasteiger partial charge is 0.402 e. The summed E-state index contributed by atoms with van der Waals surface area (Å²) in [6.07, 6.45) is -4.74. The fraction of sp³-hybridized carbons (Fsp3) is 0.300. The molecule has 0 heterocycles. The van der Waals surface area contributed by atoms with Gasteiger partial charge in [-0.05, 0) is 5.56 Å². The van der Waals surface area contributed by atoms with E-state index in [1.165, 1.54) is 29.0 Å². The highest BCUT2D eigenvalue weighted by molar-refractivity contribution is 7.87. The van der Waals surface area contributed by atoms with Crippen LogP contribution in [0.4, 0.5) is 13.2 Å². The lowest BCUT2D eigenvalue weighted by molar-refractivity contribution is -0.139. The molecule has 20 heavy (non-hydrogen) atoms. The Balaban J connectivity index is 2.84. The zero-order valence-electron chi connectivity index (χ0n) is 9.89. The van der Waals surface area contributed by atoms with Crippen molar-refractivity contribution in [1.82, 2.24) is 9.44 Å². The van der Waals surface area contributed by atoms with E-state index in [2.05, 4.69) is 0 Å². The lowest BCUT2D eigenvalue weighted by Gasteiger charge is -2.16. The molecule has 3 N–H and O–H groups in total. The fourth-order valence-corrected chi connectivity index (χ4v) is 2.26. The first kappa shape index (κ1) is 16.4. The molecule has 0 aliphatic heterocycles. The minimum absolute atomic E-state index is 0.0948. The molecule has 0 saturated carbocycles. The van der Waals surface area contributed by atoms with Gasteiger partial charge in [-0.1, -0.05) is 30.3 Å². The van der Waals surface area contributed by atoms with Crippen LogP contribution in [0, 0.1) is 0 Å². The predicted octanol–water partition coefficient (Wildman–Crippen LogP) is 0.799. The summed E-state index contributed by atoms with van der Waals surface area (Å²) in [5.74, 6) is -1.53. The number of rotatable bonds is 6. The zero-order chi connectivity index (χ0) is 15.4. The van der Waals surface area contributed by atoms with Crippen LogP contribution in [-0.2, 0) is 15.0 Å². The van der Waals surface area contributed by atoms with E-state index in [1.54, 1.807) is 10.8 Å². The highest BCUT2D eigenvalue weighted by Gasteiger charge is 2.31. The monoisotopic (exact) mass is 312 g/mol. The molecular formula is C10H11F3N2O4S. The Hall–Kier alpha value is -1.65. The molecule has 1 rings (SSSR count). The standard InChI is InChI=1S/C10H11F3N2O4S/c11-10(12,13)6-14-20(18,19)15-8(9(16)17)7-4-2-1-3-5-7/h1-5,8,14-15H,6H2,(H,16,17)/t8-/m1/s1. The van der Waals surface area contributed by atoms with Crippen LogP contribution in [0.2, 0.25) is 0 Å². The van der Waals surface area contributed by atoms with E-state index in [4.69, 9.17) is 5.11 Å². The van der Waals surface area contributed by atoms with Crippen LogP contribution in [0.5, 0.6) is 0 Å². The highest BCUT2D eigenvalue weighted by Crippen LogP contribution is 2.15. The maximum Gasteiger partial charge on any atom is 0.402 e. The normalized spacial score (nSPS) is 13.9. The molecule has 0 bridgehead atoms. The van der Waals surface area contributed by atoms with Crippen molar-refractivity contribution in [3.05, 3.63) is 35.9 Å². The van der Waals surface area contributed by atoms with Gasteiger partial charge in [0.2, 0.25) is 0 Å². The fourth-order valence-electron chi connectivity index (χ4n) is 1.28. The molecule has 0 fully saturated rings. The van der Waals surface area contributed by atoms with Crippen LogP contribution in [0.15, 0.2) is 30.3 Å². The van der Waals surface area contributed by atoms with E-state index in [1.807, 2.05) is 0 Å². The molecule has 0 radical (unpaired) electrons. The summed E-state index contributed by atoms with van der Waals surface area (Å²) in [4.78, 5) is 11.0. The number of aliphatic carboxylic acids is 1. The molecule has 0 unspecified atom stereocenters. The van der Waals surface area contributed by atoms with Crippen LogP contribution in [-0.4, -0.2) is 32.2 Å². The van der Waals surface area contributed by atoms with Gasteiger partial charge in [0.1, 0.15) is 12.6 Å². The van der Waals surface area contributed by atoms with Gasteiger partial charge in [-0.25, -0.2) is 0 Å². The minimum Gasteiger partial charge on any atom is -0.480 e. The van der Waals surface area contributed by atoms with Crippen LogP contribution in [0.3, 0.4) is 0 Å². The number of halogens is 3. The van der Waals surface area contributed by atoms with Gasteiger partial charge >= 0.3 is 12.1 Å². The number of benzene rings is 1. The van der Waals surface area contributed by atoms with E-state index in [-0.39, 0.29) is 5.56 Å². The van der Waals surface area contributed by atoms with Crippen LogP contribution in [0.25, 0.3) is 0 Å². The van der Waals surface area contributed by atoms with Gasteiger partial charge in [0, 0.05) is 0 Å². The van der Waals surface area contributed by atoms with E-state index >= 15 is 0 Å². The third-order valence-electron chi connectivity index (χ3n) is 2.12. The van der Waals surface area contributed by atoms with Crippen molar-refractivity contribution in [3.63, 3.8) is 0 Å². The average Bonchev–Trinajstić information content (AvgIpc) is 2.34. The SMILES string of the molecule is O=C(O)[C@H](NS(=O)(=O)NCC(F)(F)F)c1ccccc1. The van der Waals surface area contributed by atoms with Crippen molar-refractivity contribution in [2.24, 2.45) is 0 Å². The number of nitrogens with one attached hydrogen (secondary N) is 2. The highest BCUT2D eigenvalue weighted by atomic mass is 32.2. The minimum atomic E-state index is -4.74. The largest absolute Gasteiger partial charge is 0.480 e. The van der Waals surface area contributed by atoms with Gasteiger partial charge in [0.05, 0.1) is 0 Å². The Kier molecular flexibility index (Phi) is 5.09. The number of hydrogen-bond donors (Lipinski definition) is 3. The molecule has 0 saturated heterocycles. The van der Waals surface area contributed by atoms with Gasteiger partial charge in [-0.15, -0.1) is 0 Å². The van der Waals surface area contributed by atoms with E-state index in [0.29, 0.717) is 0 Å². The van der Waals surface area contributed by atoms with Crippen molar-refractivity contribution >= 4 is 16.2 Å². The molecule has 0 amide bonds. The van der Waals surface area contributed by atoms with E-state index in [0.717, 1.165) is 0 Å². The Morgan fingerprint density at radius 1 is 1.25 bits per heavy atom. The average molecular weight is 312 g/mol. The van der Waals surface area contributed by atoms with Gasteiger partial charge in [0.25, 0.3) is 10.2 Å². The molecule has 1 aromatic carbocycles. The number of carboxylic acid groups (broad SMARTS) is 1. The molecule has 0 spiro atoms. The van der Waals surface area contributed by atoms with Gasteiger partial charge in [-0.3, -0.25) is 4.79 Å². The number of carboxylic acids is 1. The maximum absolute atomic E-state index is 11.9. The summed E-state index contributed by atoms with van der Waals surface area (Å²) >= 11 is 0. The lowest BCUT2D eigenvalue weighted by Crippen LogP contribution is -2.44. The Morgan fingerprint density at radius 3 is 2.25 bits per heavy atom. The second-order valence-corrected chi connectivity index (χ2v) is 5.27. The van der Waals surface area contributed by atoms with Crippen molar-refractivity contribution in [2.45, 2.75) is 12.2 Å². The first-order chi connectivity index (χ1) is 9.11. The summed E-state index contributed by atoms with van der Waals surface area (Å²) < 4.78 is 61.4. The van der Waals surface area contributed by atoms with Gasteiger partial charge < -0.3 is 5.11 Å². The number of carbonyl (C=O) groups is 1. The first-order valence-electron chi connectivity index (χ1n) is 5.22. The first-order valence-corrected chi connectivity index (χ1v) is 6.70. The third kappa shape index (κ3) is 5.55. The Morgan fingerprint density at radius 2 is 1.80 bits per heavy atom. The van der Waals surface area contributed by atoms with Crippen LogP contribution < -0.4 is 9.44 Å². The molecule has 10 heteroatoms.